The number of primary amides is 1. The number of para-hydroxylation sites is 1. The highest BCUT2D eigenvalue weighted by Gasteiger charge is 2.38. The minimum absolute atomic E-state index is 0.0277. The van der Waals surface area contributed by atoms with Gasteiger partial charge in [-0.1, -0.05) is 18.2 Å². The summed E-state index contributed by atoms with van der Waals surface area (Å²) >= 11 is 0. The maximum Gasteiger partial charge on any atom is 0.273 e. The molecule has 10 heteroatoms. The summed E-state index contributed by atoms with van der Waals surface area (Å²) in [7, 11) is 3.40. The second kappa shape index (κ2) is 10.8. The summed E-state index contributed by atoms with van der Waals surface area (Å²) in [5, 5.41) is 4.46. The first-order valence-electron chi connectivity index (χ1n) is 13.2. The van der Waals surface area contributed by atoms with Crippen LogP contribution in [0.2, 0.25) is 0 Å². The average molecular weight is 531 g/mol. The van der Waals surface area contributed by atoms with Crippen molar-refractivity contribution < 1.29 is 19.1 Å². The van der Waals surface area contributed by atoms with E-state index in [2.05, 4.69) is 22.1 Å². The molecule has 39 heavy (non-hydrogen) atoms. The van der Waals surface area contributed by atoms with Crippen LogP contribution in [-0.4, -0.2) is 77.1 Å². The smallest absolute Gasteiger partial charge is 0.273 e. The third-order valence-electron chi connectivity index (χ3n) is 7.78. The Morgan fingerprint density at radius 3 is 2.41 bits per heavy atom. The number of ether oxygens (including phenoxy) is 1. The Labute approximate surface area is 227 Å². The molecule has 2 aromatic carbocycles. The average Bonchev–Trinajstić information content (AvgIpc) is 3.35. The van der Waals surface area contributed by atoms with E-state index >= 15 is 0 Å². The van der Waals surface area contributed by atoms with Gasteiger partial charge < -0.3 is 25.2 Å². The lowest BCUT2D eigenvalue weighted by Crippen LogP contribution is -2.50. The molecule has 0 bridgehead atoms. The molecule has 1 fully saturated rings. The van der Waals surface area contributed by atoms with Crippen molar-refractivity contribution >= 4 is 23.4 Å². The Morgan fingerprint density at radius 2 is 1.77 bits per heavy atom. The van der Waals surface area contributed by atoms with Gasteiger partial charge in [-0.2, -0.15) is 5.10 Å². The molecule has 10 nitrogen and oxygen atoms in total. The molecule has 0 radical (unpaired) electrons. The number of carbonyl (C=O) groups excluding carboxylic acids is 3. The molecule has 2 N–H and O–H groups in total. The Bertz CT molecular complexity index is 1390. The Morgan fingerprint density at radius 1 is 1.08 bits per heavy atom. The van der Waals surface area contributed by atoms with E-state index in [9.17, 15) is 14.4 Å². The van der Waals surface area contributed by atoms with Crippen LogP contribution >= 0.6 is 0 Å². The van der Waals surface area contributed by atoms with E-state index in [0.29, 0.717) is 42.2 Å². The molecule has 3 aromatic rings. The third-order valence-corrected chi connectivity index (χ3v) is 7.78. The fourth-order valence-electron chi connectivity index (χ4n) is 5.57. The van der Waals surface area contributed by atoms with Crippen LogP contribution in [0.1, 0.15) is 51.9 Å². The number of methoxy groups -OCH3 is 1. The van der Waals surface area contributed by atoms with Gasteiger partial charge in [0, 0.05) is 57.4 Å². The summed E-state index contributed by atoms with van der Waals surface area (Å²) in [6, 6.07) is 15.4. The van der Waals surface area contributed by atoms with Gasteiger partial charge >= 0.3 is 0 Å². The molecule has 0 atom stereocenters. The lowest BCUT2D eigenvalue weighted by molar-refractivity contribution is -0.128. The molecule has 2 aliphatic heterocycles. The maximum absolute atomic E-state index is 13.9. The lowest BCUT2D eigenvalue weighted by Gasteiger charge is -2.41. The van der Waals surface area contributed by atoms with Gasteiger partial charge in [0.25, 0.3) is 11.8 Å². The summed E-state index contributed by atoms with van der Waals surface area (Å²) < 4.78 is 6.80. The molecule has 1 aromatic heterocycles. The van der Waals surface area contributed by atoms with Crippen LogP contribution in [0.25, 0.3) is 5.69 Å². The number of aromatic nitrogens is 2. The van der Waals surface area contributed by atoms with E-state index in [-0.39, 0.29) is 23.6 Å². The predicted octanol–water partition coefficient (Wildman–Crippen LogP) is 2.63. The predicted molar refractivity (Wildman–Crippen MR) is 147 cm³/mol. The zero-order valence-electron chi connectivity index (χ0n) is 22.6. The van der Waals surface area contributed by atoms with Crippen molar-refractivity contribution in [2.45, 2.75) is 38.8 Å². The van der Waals surface area contributed by atoms with E-state index in [1.165, 1.54) is 0 Å². The monoisotopic (exact) mass is 530 g/mol. The fraction of sp³-hybridized carbons (Fsp3) is 0.379. The number of hydrogen-bond acceptors (Lipinski definition) is 6. The lowest BCUT2D eigenvalue weighted by atomic mass is 9.96. The van der Waals surface area contributed by atoms with Crippen molar-refractivity contribution in [1.29, 1.82) is 0 Å². The normalized spacial score (nSPS) is 15.7. The minimum Gasteiger partial charge on any atom is -0.497 e. The highest BCUT2D eigenvalue weighted by Crippen LogP contribution is 2.31. The van der Waals surface area contributed by atoms with Crippen molar-refractivity contribution in [3.8, 4) is 11.4 Å². The zero-order chi connectivity index (χ0) is 27.7. The summed E-state index contributed by atoms with van der Waals surface area (Å²) in [5.41, 5.74) is 9.70. The number of piperidine rings is 1. The highest BCUT2D eigenvalue weighted by molar-refractivity contribution is 6.01. The molecular formula is C29H34N6O4. The number of benzene rings is 2. The van der Waals surface area contributed by atoms with Crippen LogP contribution in [0.4, 0.5) is 5.69 Å². The van der Waals surface area contributed by atoms with Crippen LogP contribution in [0, 0.1) is 0 Å². The molecule has 0 spiro atoms. The fourth-order valence-corrected chi connectivity index (χ4v) is 5.57. The third kappa shape index (κ3) is 5.06. The molecule has 0 saturated carbocycles. The summed E-state index contributed by atoms with van der Waals surface area (Å²) in [6.45, 7) is 4.24. The maximum atomic E-state index is 13.9. The Kier molecular flexibility index (Phi) is 7.28. The van der Waals surface area contributed by atoms with Crippen molar-refractivity contribution in [2.24, 2.45) is 5.73 Å². The van der Waals surface area contributed by atoms with Crippen molar-refractivity contribution in [2.75, 3.05) is 38.7 Å². The summed E-state index contributed by atoms with van der Waals surface area (Å²) in [4.78, 5) is 43.9. The number of anilines is 1. The van der Waals surface area contributed by atoms with E-state index < -0.39 is 5.91 Å². The van der Waals surface area contributed by atoms with E-state index in [0.717, 1.165) is 37.2 Å². The molecule has 3 heterocycles. The Hall–Kier alpha value is -4.34. The number of amides is 3. The number of rotatable bonds is 7. The largest absolute Gasteiger partial charge is 0.497 e. The minimum atomic E-state index is -0.637. The van der Waals surface area contributed by atoms with E-state index in [1.807, 2.05) is 36.2 Å². The molecular weight excluding hydrogens is 496 g/mol. The first-order chi connectivity index (χ1) is 18.8. The van der Waals surface area contributed by atoms with Crippen molar-refractivity contribution in [3.63, 3.8) is 0 Å². The SMILES string of the molecule is COc1ccc(-n2nc(C(N)=O)c3c2C(=O)N(C2CCN(c4ccccc4CN(C)C(C)=O)CC2)CC3)cc1. The molecule has 2 aliphatic rings. The standard InChI is InChI=1S/C29H34N6O4/c1-19(36)32(2)18-20-6-4-5-7-25(20)33-15-12-21(13-16-33)34-17-14-24-26(28(30)37)31-35(27(24)29(34)38)22-8-10-23(39-3)11-9-22/h4-11,21H,12-18H2,1-3H3,(H2,30,37). The van der Waals surface area contributed by atoms with Crippen LogP contribution in [0.5, 0.6) is 5.75 Å². The number of nitrogens with zero attached hydrogens (tertiary/aromatic N) is 5. The van der Waals surface area contributed by atoms with Gasteiger partial charge in [-0.05, 0) is 55.2 Å². The van der Waals surface area contributed by atoms with Crippen LogP contribution < -0.4 is 15.4 Å². The van der Waals surface area contributed by atoms with Crippen LogP contribution in [0.15, 0.2) is 48.5 Å². The molecule has 204 valence electrons. The first-order valence-corrected chi connectivity index (χ1v) is 13.2. The molecule has 0 aliphatic carbocycles. The van der Waals surface area contributed by atoms with Gasteiger partial charge in [-0.25, -0.2) is 4.68 Å². The Balaban J connectivity index is 1.36. The zero-order valence-corrected chi connectivity index (χ0v) is 22.6. The second-order valence-electron chi connectivity index (χ2n) is 10.1. The van der Waals surface area contributed by atoms with Gasteiger partial charge in [-0.3, -0.25) is 14.4 Å². The van der Waals surface area contributed by atoms with Crippen LogP contribution in [-0.2, 0) is 17.8 Å². The number of carbonyl (C=O) groups is 3. The van der Waals surface area contributed by atoms with Gasteiger partial charge in [0.15, 0.2) is 5.69 Å². The number of fused-ring (bicyclic) bond motifs is 1. The van der Waals surface area contributed by atoms with Gasteiger partial charge in [0.2, 0.25) is 5.91 Å². The molecule has 5 rings (SSSR count). The number of nitrogens with two attached hydrogens (primary N) is 1. The van der Waals surface area contributed by atoms with Gasteiger partial charge in [0.1, 0.15) is 11.4 Å². The van der Waals surface area contributed by atoms with E-state index in [1.54, 1.807) is 35.7 Å². The van der Waals surface area contributed by atoms with Crippen LogP contribution in [0.3, 0.4) is 0 Å². The van der Waals surface area contributed by atoms with Crippen molar-refractivity contribution in [1.82, 2.24) is 19.6 Å². The molecule has 1 saturated heterocycles. The van der Waals surface area contributed by atoms with E-state index in [4.69, 9.17) is 10.5 Å². The number of hydrogen-bond donors (Lipinski definition) is 1. The second-order valence-corrected chi connectivity index (χ2v) is 10.1. The molecule has 0 unspecified atom stereocenters. The summed E-state index contributed by atoms with van der Waals surface area (Å²) in [5.74, 6) is -0.0554. The van der Waals surface area contributed by atoms with Gasteiger partial charge in [0.05, 0.1) is 12.8 Å². The van der Waals surface area contributed by atoms with Gasteiger partial charge in [-0.15, -0.1) is 0 Å². The van der Waals surface area contributed by atoms with Crippen molar-refractivity contribution in [3.05, 3.63) is 71.0 Å². The quantitative estimate of drug-likeness (QED) is 0.502. The molecule has 3 amide bonds. The summed E-state index contributed by atoms with van der Waals surface area (Å²) in [6.07, 6.45) is 2.16. The highest BCUT2D eigenvalue weighted by atomic mass is 16.5. The topological polar surface area (TPSA) is 114 Å². The first kappa shape index (κ1) is 26.3.